The number of nitrogens with one attached hydrogen (secondary N) is 1. The van der Waals surface area contributed by atoms with Gasteiger partial charge in [-0.2, -0.15) is 0 Å². The lowest BCUT2D eigenvalue weighted by atomic mass is 9.96. The SMILES string of the molecule is CCSc1cccc(C(N[S+]([O-])C(C)(C)C)c2cccnc2)c1C(=O)O. The topological polar surface area (TPSA) is 85.3 Å². The monoisotopic (exact) mass is 392 g/mol. The maximum absolute atomic E-state index is 12.7. The first-order valence-electron chi connectivity index (χ1n) is 8.32. The lowest BCUT2D eigenvalue weighted by Crippen LogP contribution is -2.42. The predicted octanol–water partition coefficient (Wildman–Crippen LogP) is 4.03. The maximum atomic E-state index is 12.7. The molecular weight excluding hydrogens is 368 g/mol. The Bertz CT molecular complexity index is 748. The molecular formula is C19H24N2O3S2. The van der Waals surface area contributed by atoms with Gasteiger partial charge in [-0.3, -0.25) is 4.98 Å². The quantitative estimate of drug-likeness (QED) is 0.546. The van der Waals surface area contributed by atoms with E-state index in [1.165, 1.54) is 11.8 Å². The van der Waals surface area contributed by atoms with Gasteiger partial charge in [-0.05, 0) is 49.8 Å². The van der Waals surface area contributed by atoms with Crippen molar-refractivity contribution in [3.8, 4) is 0 Å². The van der Waals surface area contributed by atoms with Crippen LogP contribution in [0.1, 0.15) is 55.2 Å². The first-order chi connectivity index (χ1) is 12.3. The largest absolute Gasteiger partial charge is 0.598 e. The predicted molar refractivity (Wildman–Crippen MR) is 107 cm³/mol. The smallest absolute Gasteiger partial charge is 0.337 e. The number of aromatic nitrogens is 1. The van der Waals surface area contributed by atoms with E-state index in [1.54, 1.807) is 24.5 Å². The van der Waals surface area contributed by atoms with E-state index < -0.39 is 28.1 Å². The molecule has 1 aromatic carbocycles. The molecule has 2 atom stereocenters. The highest BCUT2D eigenvalue weighted by molar-refractivity contribution is 7.99. The number of pyridine rings is 1. The molecule has 1 aromatic heterocycles. The van der Waals surface area contributed by atoms with Crippen molar-refractivity contribution in [2.75, 3.05) is 5.75 Å². The lowest BCUT2D eigenvalue weighted by Gasteiger charge is -2.29. The van der Waals surface area contributed by atoms with Crippen molar-refractivity contribution in [2.24, 2.45) is 0 Å². The summed E-state index contributed by atoms with van der Waals surface area (Å²) in [6.45, 7) is 7.60. The highest BCUT2D eigenvalue weighted by Crippen LogP contribution is 2.33. The zero-order valence-corrected chi connectivity index (χ0v) is 17.0. The second-order valence-corrected chi connectivity index (χ2v) is 9.98. The number of aromatic carboxylic acids is 1. The minimum absolute atomic E-state index is 0.242. The molecule has 0 aliphatic rings. The van der Waals surface area contributed by atoms with Crippen LogP contribution in [0.4, 0.5) is 0 Å². The molecule has 2 rings (SSSR count). The van der Waals surface area contributed by atoms with Crippen LogP contribution in [0.5, 0.6) is 0 Å². The number of carbonyl (C=O) groups is 1. The summed E-state index contributed by atoms with van der Waals surface area (Å²) in [5.41, 5.74) is 1.60. The fourth-order valence-electron chi connectivity index (χ4n) is 2.43. The van der Waals surface area contributed by atoms with Crippen molar-refractivity contribution in [1.82, 2.24) is 9.71 Å². The summed E-state index contributed by atoms with van der Waals surface area (Å²) in [5.74, 6) is -0.225. The molecule has 2 unspecified atom stereocenters. The molecule has 0 fully saturated rings. The van der Waals surface area contributed by atoms with E-state index in [9.17, 15) is 14.5 Å². The molecule has 2 N–H and O–H groups in total. The summed E-state index contributed by atoms with van der Waals surface area (Å²) in [4.78, 5) is 16.8. The van der Waals surface area contributed by atoms with E-state index in [0.29, 0.717) is 10.5 Å². The van der Waals surface area contributed by atoms with Gasteiger partial charge in [-0.15, -0.1) is 16.5 Å². The van der Waals surface area contributed by atoms with Gasteiger partial charge in [0.2, 0.25) is 0 Å². The second-order valence-electron chi connectivity index (χ2n) is 6.68. The molecule has 0 spiro atoms. The van der Waals surface area contributed by atoms with Gasteiger partial charge in [0.15, 0.2) is 0 Å². The van der Waals surface area contributed by atoms with Crippen LogP contribution >= 0.6 is 11.8 Å². The number of carboxylic acids is 1. The van der Waals surface area contributed by atoms with E-state index in [0.717, 1.165) is 11.3 Å². The van der Waals surface area contributed by atoms with Gasteiger partial charge in [0.1, 0.15) is 10.8 Å². The third-order valence-corrected chi connectivity index (χ3v) is 6.18. The minimum atomic E-state index is -1.38. The van der Waals surface area contributed by atoms with E-state index >= 15 is 0 Å². The molecule has 2 aromatic rings. The van der Waals surface area contributed by atoms with Gasteiger partial charge in [-0.25, -0.2) is 4.79 Å². The number of thioether (sulfide) groups is 1. The Morgan fingerprint density at radius 2 is 2.08 bits per heavy atom. The highest BCUT2D eigenvalue weighted by Gasteiger charge is 2.33. The average molecular weight is 393 g/mol. The van der Waals surface area contributed by atoms with Crippen LogP contribution in [0, 0.1) is 0 Å². The Morgan fingerprint density at radius 1 is 1.35 bits per heavy atom. The zero-order valence-electron chi connectivity index (χ0n) is 15.4. The van der Waals surface area contributed by atoms with Crippen LogP contribution < -0.4 is 4.72 Å². The summed E-state index contributed by atoms with van der Waals surface area (Å²) in [6, 6.07) is 8.53. The molecule has 0 amide bonds. The number of carboxylic acid groups (broad SMARTS) is 1. The number of benzene rings is 1. The van der Waals surface area contributed by atoms with Crippen LogP contribution in [0.2, 0.25) is 0 Å². The van der Waals surface area contributed by atoms with E-state index in [2.05, 4.69) is 9.71 Å². The highest BCUT2D eigenvalue weighted by atomic mass is 32.2. The summed E-state index contributed by atoms with van der Waals surface area (Å²) >= 11 is 0.104. The van der Waals surface area contributed by atoms with Crippen molar-refractivity contribution in [3.05, 3.63) is 59.4 Å². The summed E-state index contributed by atoms with van der Waals surface area (Å²) in [7, 11) is 0. The Hall–Kier alpha value is -1.54. The van der Waals surface area contributed by atoms with E-state index in [4.69, 9.17) is 0 Å². The van der Waals surface area contributed by atoms with Crippen LogP contribution in [0.15, 0.2) is 47.6 Å². The molecule has 7 heteroatoms. The molecule has 5 nitrogen and oxygen atoms in total. The molecule has 140 valence electrons. The second kappa shape index (κ2) is 8.90. The van der Waals surface area contributed by atoms with Crippen LogP contribution in [0.3, 0.4) is 0 Å². The Balaban J connectivity index is 2.59. The van der Waals surface area contributed by atoms with Crippen molar-refractivity contribution >= 4 is 29.1 Å². The van der Waals surface area contributed by atoms with Gasteiger partial charge in [0.25, 0.3) is 0 Å². The van der Waals surface area contributed by atoms with Gasteiger partial charge < -0.3 is 9.66 Å². The van der Waals surface area contributed by atoms with Gasteiger partial charge in [0.05, 0.1) is 5.56 Å². The third-order valence-electron chi connectivity index (χ3n) is 3.68. The molecule has 0 aliphatic heterocycles. The van der Waals surface area contributed by atoms with Gasteiger partial charge in [0, 0.05) is 28.7 Å². The summed E-state index contributed by atoms with van der Waals surface area (Å²) in [5, 5.41) is 9.83. The molecule has 26 heavy (non-hydrogen) atoms. The fourth-order valence-corrected chi connectivity index (χ4v) is 4.10. The first-order valence-corrected chi connectivity index (χ1v) is 10.5. The maximum Gasteiger partial charge on any atom is 0.337 e. The zero-order chi connectivity index (χ0) is 19.3. The van der Waals surface area contributed by atoms with Gasteiger partial charge >= 0.3 is 5.97 Å². The first kappa shape index (κ1) is 20.8. The summed E-state index contributed by atoms with van der Waals surface area (Å²) < 4.78 is 15.4. The van der Waals surface area contributed by atoms with Crippen molar-refractivity contribution in [2.45, 2.75) is 43.4 Å². The summed E-state index contributed by atoms with van der Waals surface area (Å²) in [6.07, 6.45) is 3.32. The van der Waals surface area contributed by atoms with Crippen molar-refractivity contribution < 1.29 is 14.5 Å². The fraction of sp³-hybridized carbons (Fsp3) is 0.368. The molecule has 1 heterocycles. The normalized spacial score (nSPS) is 14.0. The number of rotatable bonds is 7. The molecule has 0 aliphatic carbocycles. The standard InChI is InChI=1S/C19H24N2O3S2/c1-5-25-15-10-6-9-14(16(15)18(22)23)17(13-8-7-11-20-12-13)21-26(24)19(2,3)4/h6-12,17,21H,5H2,1-4H3,(H,22,23). The Morgan fingerprint density at radius 3 is 2.62 bits per heavy atom. The average Bonchev–Trinajstić information content (AvgIpc) is 2.59. The molecule has 0 radical (unpaired) electrons. The van der Waals surface area contributed by atoms with Gasteiger partial charge in [-0.1, -0.05) is 25.1 Å². The van der Waals surface area contributed by atoms with E-state index in [-0.39, 0.29) is 5.56 Å². The molecule has 0 saturated carbocycles. The minimum Gasteiger partial charge on any atom is -0.598 e. The van der Waals surface area contributed by atoms with Crippen molar-refractivity contribution in [3.63, 3.8) is 0 Å². The van der Waals surface area contributed by atoms with Crippen molar-refractivity contribution in [1.29, 1.82) is 0 Å². The molecule has 0 bridgehead atoms. The van der Waals surface area contributed by atoms with Crippen LogP contribution in [-0.2, 0) is 11.4 Å². The Kier molecular flexibility index (Phi) is 7.11. The number of hydrogen-bond acceptors (Lipinski definition) is 5. The Labute approximate surface area is 161 Å². The number of nitrogens with zero attached hydrogens (tertiary/aromatic N) is 1. The lowest BCUT2D eigenvalue weighted by molar-refractivity contribution is 0.0691. The molecule has 0 saturated heterocycles. The van der Waals surface area contributed by atoms with E-state index in [1.807, 2.05) is 45.9 Å². The van der Waals surface area contributed by atoms with Crippen LogP contribution in [-0.4, -0.2) is 31.1 Å². The van der Waals surface area contributed by atoms with Crippen LogP contribution in [0.25, 0.3) is 0 Å². The third kappa shape index (κ3) is 5.01. The number of hydrogen-bond donors (Lipinski definition) is 2.